The monoisotopic (exact) mass is 337 g/mol. The van der Waals surface area contributed by atoms with Crippen LogP contribution in [0, 0.1) is 6.92 Å². The van der Waals surface area contributed by atoms with Gasteiger partial charge in [0.15, 0.2) is 4.96 Å². The van der Waals surface area contributed by atoms with Crippen molar-refractivity contribution in [1.29, 1.82) is 0 Å². The van der Waals surface area contributed by atoms with Crippen molar-refractivity contribution >= 4 is 22.0 Å². The van der Waals surface area contributed by atoms with E-state index in [1.807, 2.05) is 0 Å². The Hall–Kier alpha value is -1.81. The molecular formula is C20H23N3S. The van der Waals surface area contributed by atoms with E-state index >= 15 is 0 Å². The summed E-state index contributed by atoms with van der Waals surface area (Å²) in [5.41, 5.74) is 5.60. The van der Waals surface area contributed by atoms with E-state index in [1.54, 1.807) is 11.3 Å². The number of nitrogens with zero attached hydrogens (tertiary/aromatic N) is 3. The second-order valence-corrected chi connectivity index (χ2v) is 8.20. The fourth-order valence-electron chi connectivity index (χ4n) is 5.04. The van der Waals surface area contributed by atoms with Crippen LogP contribution in [0.25, 0.3) is 4.96 Å². The molecule has 0 amide bonds. The van der Waals surface area contributed by atoms with Gasteiger partial charge in [0, 0.05) is 17.3 Å². The Labute approximate surface area is 146 Å². The van der Waals surface area contributed by atoms with Crippen LogP contribution < -0.4 is 4.90 Å². The second kappa shape index (κ2) is 5.09. The molecule has 3 aromatic rings. The molecule has 2 aliphatic rings. The minimum Gasteiger partial charge on any atom is -0.352 e. The maximum absolute atomic E-state index is 5.13. The van der Waals surface area contributed by atoms with Gasteiger partial charge >= 0.3 is 0 Å². The average molecular weight is 337 g/mol. The average Bonchev–Trinajstić information content (AvgIpc) is 3.23. The molecule has 5 rings (SSSR count). The zero-order valence-electron chi connectivity index (χ0n) is 14.3. The molecule has 1 spiro atoms. The number of aromatic nitrogens is 2. The van der Waals surface area contributed by atoms with Crippen molar-refractivity contribution in [3.63, 3.8) is 0 Å². The number of aryl methyl sites for hydroxylation is 1. The predicted molar refractivity (Wildman–Crippen MR) is 99.9 cm³/mol. The lowest BCUT2D eigenvalue weighted by Crippen LogP contribution is -2.44. The summed E-state index contributed by atoms with van der Waals surface area (Å²) in [6.45, 7) is 4.60. The maximum atomic E-state index is 5.13. The van der Waals surface area contributed by atoms with Gasteiger partial charge < -0.3 is 4.90 Å². The number of hydrogen-bond donors (Lipinski definition) is 0. The molecule has 1 atom stereocenters. The third-order valence-corrected chi connectivity index (χ3v) is 6.80. The van der Waals surface area contributed by atoms with Crippen LogP contribution in [0.3, 0.4) is 0 Å². The number of para-hydroxylation sites is 1. The summed E-state index contributed by atoms with van der Waals surface area (Å²) in [5, 5.41) is 2.15. The normalized spacial score (nSPS) is 22.4. The first-order chi connectivity index (χ1) is 11.7. The third-order valence-electron chi connectivity index (χ3n) is 6.04. The zero-order chi connectivity index (χ0) is 16.3. The van der Waals surface area contributed by atoms with Crippen molar-refractivity contribution in [2.45, 2.75) is 57.5 Å². The van der Waals surface area contributed by atoms with Crippen LogP contribution in [0.15, 0.2) is 35.8 Å². The fourth-order valence-corrected chi connectivity index (χ4v) is 5.76. The standard InChI is InChI=1S/C20H23N3S/c1-14-8-4-5-9-16(14)23-15(2)17-18(20(23)10-6-3-7-11-20)21-19-22(17)12-13-24-19/h4-5,8-9,12-13,15H,3,6-7,10-11H2,1-2H3/t15-/m0/s1. The minimum absolute atomic E-state index is 0.0881. The first-order valence-corrected chi connectivity index (χ1v) is 9.91. The molecule has 1 fully saturated rings. The molecule has 0 bridgehead atoms. The van der Waals surface area contributed by atoms with Gasteiger partial charge in [-0.05, 0) is 38.3 Å². The van der Waals surface area contributed by atoms with Gasteiger partial charge in [-0.25, -0.2) is 4.98 Å². The van der Waals surface area contributed by atoms with Crippen LogP contribution in [-0.4, -0.2) is 9.38 Å². The van der Waals surface area contributed by atoms with Crippen molar-refractivity contribution in [3.8, 4) is 0 Å². The Bertz CT molecular complexity index is 901. The van der Waals surface area contributed by atoms with E-state index in [9.17, 15) is 0 Å². The van der Waals surface area contributed by atoms with Crippen LogP contribution in [0.1, 0.15) is 62.0 Å². The molecule has 0 unspecified atom stereocenters. The molecule has 1 saturated carbocycles. The molecule has 1 aromatic carbocycles. The van der Waals surface area contributed by atoms with E-state index in [-0.39, 0.29) is 5.54 Å². The summed E-state index contributed by atoms with van der Waals surface area (Å²) in [7, 11) is 0. The van der Waals surface area contributed by atoms with Crippen LogP contribution in [0.4, 0.5) is 5.69 Å². The number of hydrogen-bond acceptors (Lipinski definition) is 3. The number of fused-ring (bicyclic) bond motifs is 4. The van der Waals surface area contributed by atoms with Gasteiger partial charge in [0.2, 0.25) is 0 Å². The minimum atomic E-state index is 0.0881. The van der Waals surface area contributed by atoms with Crippen molar-refractivity contribution in [3.05, 3.63) is 52.8 Å². The van der Waals surface area contributed by atoms with Gasteiger partial charge in [-0.2, -0.15) is 0 Å². The molecule has 3 heterocycles. The highest BCUT2D eigenvalue weighted by atomic mass is 32.1. The summed E-state index contributed by atoms with van der Waals surface area (Å²) < 4.78 is 2.33. The van der Waals surface area contributed by atoms with Gasteiger partial charge in [0.25, 0.3) is 0 Å². The van der Waals surface area contributed by atoms with Gasteiger partial charge in [-0.3, -0.25) is 4.40 Å². The molecule has 1 aliphatic carbocycles. The molecule has 3 nitrogen and oxygen atoms in total. The van der Waals surface area contributed by atoms with Crippen LogP contribution in [-0.2, 0) is 5.54 Å². The highest BCUT2D eigenvalue weighted by Crippen LogP contribution is 2.55. The maximum Gasteiger partial charge on any atom is 0.194 e. The van der Waals surface area contributed by atoms with E-state index in [1.165, 1.54) is 54.7 Å². The zero-order valence-corrected chi connectivity index (χ0v) is 15.1. The molecule has 1 aliphatic heterocycles. The van der Waals surface area contributed by atoms with E-state index in [4.69, 9.17) is 4.98 Å². The third kappa shape index (κ3) is 1.75. The Balaban J connectivity index is 1.77. The van der Waals surface area contributed by atoms with Crippen molar-refractivity contribution < 1.29 is 0 Å². The number of rotatable bonds is 1. The van der Waals surface area contributed by atoms with Gasteiger partial charge in [0.1, 0.15) is 0 Å². The number of imidazole rings is 1. The van der Waals surface area contributed by atoms with Crippen LogP contribution in [0.2, 0.25) is 0 Å². The van der Waals surface area contributed by atoms with Gasteiger partial charge in [-0.1, -0.05) is 37.5 Å². The van der Waals surface area contributed by atoms with E-state index in [0.29, 0.717) is 6.04 Å². The Morgan fingerprint density at radius 3 is 2.75 bits per heavy atom. The van der Waals surface area contributed by atoms with Crippen molar-refractivity contribution in [1.82, 2.24) is 9.38 Å². The molecule has 0 radical (unpaired) electrons. The second-order valence-electron chi connectivity index (χ2n) is 7.33. The summed E-state index contributed by atoms with van der Waals surface area (Å²) in [4.78, 5) is 8.98. The summed E-state index contributed by atoms with van der Waals surface area (Å²) in [6, 6.07) is 9.22. The number of anilines is 1. The van der Waals surface area contributed by atoms with E-state index < -0.39 is 0 Å². The molecule has 124 valence electrons. The number of benzene rings is 1. The number of thiazole rings is 1. The Morgan fingerprint density at radius 1 is 1.17 bits per heavy atom. The molecular weight excluding hydrogens is 314 g/mol. The highest BCUT2D eigenvalue weighted by molar-refractivity contribution is 7.15. The lowest BCUT2D eigenvalue weighted by Gasteiger charge is -2.45. The summed E-state index contributed by atoms with van der Waals surface area (Å²) >= 11 is 1.75. The first kappa shape index (κ1) is 14.5. The Kier molecular flexibility index (Phi) is 3.08. The molecule has 4 heteroatoms. The summed E-state index contributed by atoms with van der Waals surface area (Å²) in [6.07, 6.45) is 8.61. The molecule has 2 aromatic heterocycles. The molecule has 24 heavy (non-hydrogen) atoms. The van der Waals surface area contributed by atoms with E-state index in [0.717, 1.165) is 4.96 Å². The SMILES string of the molecule is Cc1ccccc1N1[C@@H](C)c2c(nc3sccn23)C12CCCCC2. The van der Waals surface area contributed by atoms with Crippen molar-refractivity contribution in [2.24, 2.45) is 0 Å². The summed E-state index contributed by atoms with van der Waals surface area (Å²) in [5.74, 6) is 0. The lowest BCUT2D eigenvalue weighted by atomic mass is 9.79. The van der Waals surface area contributed by atoms with Crippen LogP contribution >= 0.6 is 11.3 Å². The smallest absolute Gasteiger partial charge is 0.194 e. The quantitative estimate of drug-likeness (QED) is 0.589. The van der Waals surface area contributed by atoms with Crippen molar-refractivity contribution in [2.75, 3.05) is 4.90 Å². The topological polar surface area (TPSA) is 20.5 Å². The van der Waals surface area contributed by atoms with Crippen LogP contribution in [0.5, 0.6) is 0 Å². The predicted octanol–water partition coefficient (Wildman–Crippen LogP) is 5.44. The fraction of sp³-hybridized carbons (Fsp3) is 0.450. The molecule has 0 N–H and O–H groups in total. The highest BCUT2D eigenvalue weighted by Gasteiger charge is 2.52. The molecule has 0 saturated heterocycles. The largest absolute Gasteiger partial charge is 0.352 e. The Morgan fingerprint density at radius 2 is 1.96 bits per heavy atom. The first-order valence-electron chi connectivity index (χ1n) is 9.03. The van der Waals surface area contributed by atoms with E-state index in [2.05, 4.69) is 59.0 Å². The lowest BCUT2D eigenvalue weighted by molar-refractivity contribution is 0.278. The van der Waals surface area contributed by atoms with Gasteiger partial charge in [-0.15, -0.1) is 11.3 Å². The van der Waals surface area contributed by atoms with Gasteiger partial charge in [0.05, 0.1) is 23.0 Å².